The summed E-state index contributed by atoms with van der Waals surface area (Å²) in [6.07, 6.45) is 0. The number of thiocarbonyl (C=S) groups is 1. The Balaban J connectivity index is 2.52. The minimum atomic E-state index is 0.721. The van der Waals surface area contributed by atoms with Crippen molar-refractivity contribution in [3.05, 3.63) is 0 Å². The van der Waals surface area contributed by atoms with Gasteiger partial charge in [-0.3, -0.25) is 4.99 Å². The fourth-order valence-corrected chi connectivity index (χ4v) is 1.76. The van der Waals surface area contributed by atoms with Crippen LogP contribution in [0.2, 0.25) is 0 Å². The quantitative estimate of drug-likeness (QED) is 0.562. The van der Waals surface area contributed by atoms with Crippen LogP contribution in [0.5, 0.6) is 0 Å². The predicted octanol–water partition coefficient (Wildman–Crippen LogP) is 0.525. The fourth-order valence-electron chi connectivity index (χ4n) is 0.781. The summed E-state index contributed by atoms with van der Waals surface area (Å²) in [4.78, 5) is 6.18. The highest BCUT2D eigenvalue weighted by Gasteiger charge is 2.13. The zero-order chi connectivity index (χ0) is 8.27. The third kappa shape index (κ3) is 2.07. The number of hydrogen-bond acceptors (Lipinski definition) is 3. The Morgan fingerprint density at radius 3 is 3.00 bits per heavy atom. The molecule has 0 saturated heterocycles. The molecule has 0 fully saturated rings. The van der Waals surface area contributed by atoms with Crippen molar-refractivity contribution >= 4 is 34.3 Å². The van der Waals surface area contributed by atoms with E-state index in [1.807, 2.05) is 19.0 Å². The molecule has 0 bridgehead atoms. The van der Waals surface area contributed by atoms with Crippen LogP contribution in [-0.2, 0) is 0 Å². The van der Waals surface area contributed by atoms with Crippen LogP contribution in [0.3, 0.4) is 0 Å². The van der Waals surface area contributed by atoms with Crippen molar-refractivity contribution in [2.24, 2.45) is 4.99 Å². The second kappa shape index (κ2) is 3.92. The van der Waals surface area contributed by atoms with Gasteiger partial charge in [0, 0.05) is 19.8 Å². The van der Waals surface area contributed by atoms with Gasteiger partial charge in [-0.25, -0.2) is 0 Å². The molecule has 0 aliphatic carbocycles. The predicted molar refractivity (Wildman–Crippen MR) is 54.2 cm³/mol. The standard InChI is InChI=1S/C6H11N3S2/c1-7-5(10)9(2)6-8-3-4-11-6/h3-4H2,1-2H3,(H,7,10). The topological polar surface area (TPSA) is 27.6 Å². The lowest BCUT2D eigenvalue weighted by molar-refractivity contribution is 0.747. The Bertz CT molecular complexity index is 190. The number of hydrogen-bond donors (Lipinski definition) is 1. The molecule has 0 unspecified atom stereocenters. The number of thioether (sulfide) groups is 1. The van der Waals surface area contributed by atoms with Gasteiger partial charge in [0.05, 0.1) is 6.54 Å². The first-order valence-corrected chi connectivity index (χ1v) is 4.78. The largest absolute Gasteiger partial charge is 0.365 e. The second-order valence-electron chi connectivity index (χ2n) is 2.13. The molecule has 0 atom stereocenters. The van der Waals surface area contributed by atoms with E-state index in [0.717, 1.165) is 22.6 Å². The molecule has 0 aromatic carbocycles. The first kappa shape index (κ1) is 8.80. The number of aliphatic imine (C=N–C) groups is 1. The molecule has 11 heavy (non-hydrogen) atoms. The van der Waals surface area contributed by atoms with Crippen molar-refractivity contribution in [2.45, 2.75) is 0 Å². The molecule has 1 aliphatic rings. The van der Waals surface area contributed by atoms with E-state index in [0.29, 0.717) is 0 Å². The van der Waals surface area contributed by atoms with E-state index in [-0.39, 0.29) is 0 Å². The summed E-state index contributed by atoms with van der Waals surface area (Å²) in [5.74, 6) is 1.08. The maximum atomic E-state index is 5.04. The average Bonchev–Trinajstić information content (AvgIpc) is 2.53. The molecular weight excluding hydrogens is 178 g/mol. The Kier molecular flexibility index (Phi) is 3.14. The first-order chi connectivity index (χ1) is 5.25. The molecular formula is C6H11N3S2. The Hall–Kier alpha value is -0.290. The van der Waals surface area contributed by atoms with E-state index in [9.17, 15) is 0 Å². The molecule has 0 aromatic heterocycles. The molecule has 0 amide bonds. The SMILES string of the molecule is CNC(=S)N(C)C1=NCCS1. The van der Waals surface area contributed by atoms with Crippen LogP contribution >= 0.6 is 24.0 Å². The van der Waals surface area contributed by atoms with Gasteiger partial charge in [0.2, 0.25) is 0 Å². The Morgan fingerprint density at radius 1 is 1.82 bits per heavy atom. The zero-order valence-corrected chi connectivity index (χ0v) is 8.26. The van der Waals surface area contributed by atoms with Gasteiger partial charge in [-0.15, -0.1) is 0 Å². The zero-order valence-electron chi connectivity index (χ0n) is 6.63. The van der Waals surface area contributed by atoms with Crippen LogP contribution in [0.25, 0.3) is 0 Å². The molecule has 1 aliphatic heterocycles. The normalized spacial score (nSPS) is 16.0. The summed E-state index contributed by atoms with van der Waals surface area (Å²) >= 11 is 6.78. The van der Waals surface area contributed by atoms with Gasteiger partial charge in [0.15, 0.2) is 10.3 Å². The van der Waals surface area contributed by atoms with Crippen molar-refractivity contribution < 1.29 is 0 Å². The summed E-state index contributed by atoms with van der Waals surface area (Å²) in [5.41, 5.74) is 0. The minimum Gasteiger partial charge on any atom is -0.365 e. The number of amidine groups is 1. The van der Waals surface area contributed by atoms with Crippen LogP contribution in [-0.4, -0.2) is 41.6 Å². The van der Waals surface area contributed by atoms with E-state index in [2.05, 4.69) is 10.3 Å². The third-order valence-corrected chi connectivity index (χ3v) is 2.90. The van der Waals surface area contributed by atoms with E-state index >= 15 is 0 Å². The van der Waals surface area contributed by atoms with Crippen molar-refractivity contribution in [1.29, 1.82) is 0 Å². The van der Waals surface area contributed by atoms with Gasteiger partial charge in [-0.1, -0.05) is 11.8 Å². The fraction of sp³-hybridized carbons (Fsp3) is 0.667. The number of nitrogens with zero attached hydrogens (tertiary/aromatic N) is 2. The van der Waals surface area contributed by atoms with Crippen molar-refractivity contribution in [2.75, 3.05) is 26.4 Å². The molecule has 3 nitrogen and oxygen atoms in total. The summed E-state index contributed by atoms with van der Waals surface area (Å²) in [6, 6.07) is 0. The molecule has 1 rings (SSSR count). The van der Waals surface area contributed by atoms with Gasteiger partial charge in [0.1, 0.15) is 0 Å². The van der Waals surface area contributed by atoms with Gasteiger partial charge in [-0.2, -0.15) is 0 Å². The van der Waals surface area contributed by atoms with Crippen LogP contribution < -0.4 is 5.32 Å². The minimum absolute atomic E-state index is 0.721. The second-order valence-corrected chi connectivity index (χ2v) is 3.58. The molecule has 1 N–H and O–H groups in total. The molecule has 0 spiro atoms. The third-order valence-electron chi connectivity index (χ3n) is 1.37. The van der Waals surface area contributed by atoms with Gasteiger partial charge < -0.3 is 10.2 Å². The van der Waals surface area contributed by atoms with E-state index < -0.39 is 0 Å². The Morgan fingerprint density at radius 2 is 2.55 bits per heavy atom. The smallest absolute Gasteiger partial charge is 0.174 e. The summed E-state index contributed by atoms with van der Waals surface area (Å²) in [6.45, 7) is 0.913. The van der Waals surface area contributed by atoms with Crippen LogP contribution in [0, 0.1) is 0 Å². The lowest BCUT2D eigenvalue weighted by atomic mass is 10.8. The van der Waals surface area contributed by atoms with Crippen LogP contribution in [0.4, 0.5) is 0 Å². The summed E-state index contributed by atoms with van der Waals surface area (Å²) < 4.78 is 0. The molecule has 5 heteroatoms. The van der Waals surface area contributed by atoms with Crippen LogP contribution in [0.1, 0.15) is 0 Å². The summed E-state index contributed by atoms with van der Waals surface area (Å²) in [7, 11) is 3.75. The number of nitrogens with one attached hydrogen (secondary N) is 1. The summed E-state index contributed by atoms with van der Waals surface area (Å²) in [5, 5.41) is 4.64. The number of rotatable bonds is 0. The molecule has 62 valence electrons. The Labute approximate surface area is 76.2 Å². The highest BCUT2D eigenvalue weighted by molar-refractivity contribution is 8.14. The van der Waals surface area contributed by atoms with Crippen molar-refractivity contribution in [3.8, 4) is 0 Å². The van der Waals surface area contributed by atoms with E-state index in [1.54, 1.807) is 11.8 Å². The monoisotopic (exact) mass is 189 g/mol. The maximum absolute atomic E-state index is 5.04. The van der Waals surface area contributed by atoms with Gasteiger partial charge in [0.25, 0.3) is 0 Å². The molecule has 0 saturated carbocycles. The van der Waals surface area contributed by atoms with Crippen LogP contribution in [0.15, 0.2) is 4.99 Å². The van der Waals surface area contributed by atoms with Crippen molar-refractivity contribution in [1.82, 2.24) is 10.2 Å². The molecule has 0 radical (unpaired) electrons. The lowest BCUT2D eigenvalue weighted by Gasteiger charge is -2.17. The average molecular weight is 189 g/mol. The van der Waals surface area contributed by atoms with Gasteiger partial charge >= 0.3 is 0 Å². The highest BCUT2D eigenvalue weighted by Crippen LogP contribution is 2.13. The van der Waals surface area contributed by atoms with Gasteiger partial charge in [-0.05, 0) is 12.2 Å². The molecule has 0 aromatic rings. The first-order valence-electron chi connectivity index (χ1n) is 3.38. The van der Waals surface area contributed by atoms with E-state index in [1.165, 1.54) is 0 Å². The van der Waals surface area contributed by atoms with E-state index in [4.69, 9.17) is 12.2 Å². The lowest BCUT2D eigenvalue weighted by Crippen LogP contribution is -2.37. The highest BCUT2D eigenvalue weighted by atomic mass is 32.2. The molecule has 1 heterocycles. The maximum Gasteiger partial charge on any atom is 0.174 e. The van der Waals surface area contributed by atoms with Crippen molar-refractivity contribution in [3.63, 3.8) is 0 Å².